The molecule has 0 bridgehead atoms. The molecule has 76 valence electrons. The molecule has 1 unspecified atom stereocenters. The minimum absolute atomic E-state index is 0.217. The number of para-hydroxylation sites is 1. The maximum absolute atomic E-state index is 6.15. The van der Waals surface area contributed by atoms with Crippen LogP contribution in [0, 0.1) is 0 Å². The molecule has 1 aromatic rings. The Hall–Kier alpha value is -1.02. The number of rotatable bonds is 0. The van der Waals surface area contributed by atoms with Gasteiger partial charge in [0.05, 0.1) is 0 Å². The average Bonchev–Trinajstić information content (AvgIpc) is 2.22. The van der Waals surface area contributed by atoms with E-state index in [1.807, 2.05) is 0 Å². The Labute approximate surface area is 85.7 Å². The van der Waals surface area contributed by atoms with Crippen molar-refractivity contribution in [2.75, 3.05) is 18.5 Å². The van der Waals surface area contributed by atoms with Gasteiger partial charge in [-0.25, -0.2) is 0 Å². The third kappa shape index (κ3) is 1.75. The van der Waals surface area contributed by atoms with Crippen molar-refractivity contribution in [1.29, 1.82) is 0 Å². The molecule has 2 rings (SSSR count). The van der Waals surface area contributed by atoms with Gasteiger partial charge in [0.2, 0.25) is 0 Å². The van der Waals surface area contributed by atoms with Crippen molar-refractivity contribution in [3.8, 4) is 0 Å². The molecule has 1 atom stereocenters. The van der Waals surface area contributed by atoms with Crippen LogP contribution in [-0.4, -0.2) is 13.6 Å². The maximum atomic E-state index is 6.15. The van der Waals surface area contributed by atoms with Crippen LogP contribution in [0.4, 0.5) is 5.69 Å². The quantitative estimate of drug-likeness (QED) is 0.680. The predicted octanol–water partition coefficient (Wildman–Crippen LogP) is 2.31. The number of fused-ring (bicyclic) bond motifs is 1. The molecule has 1 aliphatic rings. The van der Waals surface area contributed by atoms with E-state index in [4.69, 9.17) is 5.73 Å². The highest BCUT2D eigenvalue weighted by Crippen LogP contribution is 2.29. The van der Waals surface area contributed by atoms with Crippen LogP contribution in [0.5, 0.6) is 0 Å². The van der Waals surface area contributed by atoms with Gasteiger partial charge in [0.1, 0.15) is 0 Å². The lowest BCUT2D eigenvalue weighted by Gasteiger charge is -2.27. The lowest BCUT2D eigenvalue weighted by atomic mass is 9.97. The van der Waals surface area contributed by atoms with Crippen molar-refractivity contribution in [3.05, 3.63) is 29.8 Å². The van der Waals surface area contributed by atoms with Gasteiger partial charge in [-0.05, 0) is 30.9 Å². The average molecular weight is 190 g/mol. The molecule has 0 spiro atoms. The van der Waals surface area contributed by atoms with Gasteiger partial charge in [-0.3, -0.25) is 0 Å². The van der Waals surface area contributed by atoms with Crippen molar-refractivity contribution >= 4 is 5.69 Å². The monoisotopic (exact) mass is 190 g/mol. The molecule has 2 nitrogen and oxygen atoms in total. The van der Waals surface area contributed by atoms with E-state index in [0.29, 0.717) is 0 Å². The van der Waals surface area contributed by atoms with Gasteiger partial charge in [-0.1, -0.05) is 18.2 Å². The van der Waals surface area contributed by atoms with E-state index in [1.54, 1.807) is 0 Å². The van der Waals surface area contributed by atoms with Crippen molar-refractivity contribution in [3.63, 3.8) is 0 Å². The second-order valence-corrected chi connectivity index (χ2v) is 4.08. The summed E-state index contributed by atoms with van der Waals surface area (Å²) >= 11 is 0. The number of nitrogens with zero attached hydrogens (tertiary/aromatic N) is 1. The summed E-state index contributed by atoms with van der Waals surface area (Å²) in [7, 11) is 2.15. The van der Waals surface area contributed by atoms with E-state index in [1.165, 1.54) is 24.1 Å². The zero-order valence-corrected chi connectivity index (χ0v) is 8.74. The zero-order chi connectivity index (χ0) is 9.97. The molecule has 0 saturated carbocycles. The molecule has 1 aromatic carbocycles. The van der Waals surface area contributed by atoms with Gasteiger partial charge in [0.25, 0.3) is 0 Å². The number of hydrogen-bond donors (Lipinski definition) is 1. The highest BCUT2D eigenvalue weighted by molar-refractivity contribution is 5.54. The topological polar surface area (TPSA) is 29.3 Å². The van der Waals surface area contributed by atoms with Gasteiger partial charge in [0.15, 0.2) is 0 Å². The summed E-state index contributed by atoms with van der Waals surface area (Å²) in [4.78, 5) is 2.31. The number of anilines is 1. The minimum Gasteiger partial charge on any atom is -0.374 e. The fourth-order valence-electron chi connectivity index (χ4n) is 2.14. The number of nitrogens with two attached hydrogens (primary N) is 1. The van der Waals surface area contributed by atoms with E-state index >= 15 is 0 Å². The normalized spacial score (nSPS) is 22.4. The first-order valence-electron chi connectivity index (χ1n) is 5.34. The molecule has 14 heavy (non-hydrogen) atoms. The van der Waals surface area contributed by atoms with Crippen LogP contribution in [0.2, 0.25) is 0 Å². The van der Waals surface area contributed by atoms with Crippen LogP contribution in [0.3, 0.4) is 0 Å². The van der Waals surface area contributed by atoms with Gasteiger partial charge in [-0.15, -0.1) is 0 Å². The Morgan fingerprint density at radius 2 is 2.07 bits per heavy atom. The molecule has 0 radical (unpaired) electrons. The van der Waals surface area contributed by atoms with E-state index in [0.717, 1.165) is 13.0 Å². The SMILES string of the molecule is CN1CCCCC(N)c2ccccc21. The fourth-order valence-corrected chi connectivity index (χ4v) is 2.14. The number of benzene rings is 1. The Morgan fingerprint density at radius 1 is 1.29 bits per heavy atom. The van der Waals surface area contributed by atoms with Crippen molar-refractivity contribution < 1.29 is 0 Å². The lowest BCUT2D eigenvalue weighted by molar-refractivity contribution is 0.569. The fraction of sp³-hybridized carbons (Fsp3) is 0.500. The summed E-state index contributed by atoms with van der Waals surface area (Å²) in [5, 5.41) is 0. The van der Waals surface area contributed by atoms with Crippen molar-refractivity contribution in [2.45, 2.75) is 25.3 Å². The van der Waals surface area contributed by atoms with Gasteiger partial charge >= 0.3 is 0 Å². The molecule has 1 aliphatic heterocycles. The molecule has 2 N–H and O–H groups in total. The predicted molar refractivity (Wildman–Crippen MR) is 60.5 cm³/mol. The Balaban J connectivity index is 2.39. The molecule has 0 aliphatic carbocycles. The summed E-state index contributed by atoms with van der Waals surface area (Å²) in [5.41, 5.74) is 8.76. The van der Waals surface area contributed by atoms with Crippen molar-refractivity contribution in [1.82, 2.24) is 0 Å². The summed E-state index contributed by atoms with van der Waals surface area (Å²) < 4.78 is 0. The molecule has 1 heterocycles. The highest BCUT2D eigenvalue weighted by Gasteiger charge is 2.15. The minimum atomic E-state index is 0.217. The van der Waals surface area contributed by atoms with Crippen LogP contribution in [-0.2, 0) is 0 Å². The number of hydrogen-bond acceptors (Lipinski definition) is 2. The molecule has 0 saturated heterocycles. The van der Waals surface area contributed by atoms with E-state index in [-0.39, 0.29) is 6.04 Å². The second kappa shape index (κ2) is 4.01. The first-order chi connectivity index (χ1) is 6.79. The Kier molecular flexibility index (Phi) is 2.73. The standard InChI is InChI=1S/C12H18N2/c1-14-9-5-4-7-11(13)10-6-2-3-8-12(10)14/h2-3,6,8,11H,4-5,7,9,13H2,1H3. The van der Waals surface area contributed by atoms with Crippen LogP contribution in [0.15, 0.2) is 24.3 Å². The molecule has 0 amide bonds. The smallest absolute Gasteiger partial charge is 0.0412 e. The summed E-state index contributed by atoms with van der Waals surface area (Å²) in [6.07, 6.45) is 3.60. The van der Waals surface area contributed by atoms with Crippen LogP contribution in [0.1, 0.15) is 30.9 Å². The first-order valence-corrected chi connectivity index (χ1v) is 5.34. The van der Waals surface area contributed by atoms with E-state index < -0.39 is 0 Å². The van der Waals surface area contributed by atoms with Gasteiger partial charge in [-0.2, -0.15) is 0 Å². The molecule has 0 aromatic heterocycles. The van der Waals surface area contributed by atoms with Crippen LogP contribution in [0.25, 0.3) is 0 Å². The van der Waals surface area contributed by atoms with Crippen LogP contribution < -0.4 is 10.6 Å². The van der Waals surface area contributed by atoms with E-state index in [9.17, 15) is 0 Å². The van der Waals surface area contributed by atoms with Gasteiger partial charge in [0, 0.05) is 25.3 Å². The summed E-state index contributed by atoms with van der Waals surface area (Å²) in [5.74, 6) is 0. The van der Waals surface area contributed by atoms with E-state index in [2.05, 4.69) is 36.2 Å². The summed E-state index contributed by atoms with van der Waals surface area (Å²) in [6.45, 7) is 1.14. The largest absolute Gasteiger partial charge is 0.374 e. The second-order valence-electron chi connectivity index (χ2n) is 4.08. The highest BCUT2D eigenvalue weighted by atomic mass is 15.1. The zero-order valence-electron chi connectivity index (χ0n) is 8.74. The third-order valence-corrected chi connectivity index (χ3v) is 3.01. The Morgan fingerprint density at radius 3 is 2.93 bits per heavy atom. The molecule has 0 fully saturated rings. The Bertz CT molecular complexity index is 278. The van der Waals surface area contributed by atoms with Crippen molar-refractivity contribution in [2.24, 2.45) is 5.73 Å². The maximum Gasteiger partial charge on any atom is 0.0412 e. The summed E-state index contributed by atoms with van der Waals surface area (Å²) in [6, 6.07) is 8.70. The molecular formula is C12H18N2. The third-order valence-electron chi connectivity index (χ3n) is 3.01. The molecular weight excluding hydrogens is 172 g/mol. The lowest BCUT2D eigenvalue weighted by Crippen LogP contribution is -2.25. The van der Waals surface area contributed by atoms with Gasteiger partial charge < -0.3 is 10.6 Å². The van der Waals surface area contributed by atoms with Crippen LogP contribution >= 0.6 is 0 Å². The molecule has 2 heteroatoms. The first kappa shape index (κ1) is 9.53.